The molecule has 2 atom stereocenters. The molecule has 1 heterocycles. The molecule has 0 radical (unpaired) electrons. The van der Waals surface area contributed by atoms with Gasteiger partial charge in [-0.2, -0.15) is 11.8 Å². The van der Waals surface area contributed by atoms with E-state index in [1.807, 2.05) is 23.9 Å². The van der Waals surface area contributed by atoms with Crippen LogP contribution in [0, 0.1) is 0 Å². The van der Waals surface area contributed by atoms with Gasteiger partial charge in [0, 0.05) is 30.3 Å². The largest absolute Gasteiger partial charge is 0.497 e. The predicted molar refractivity (Wildman–Crippen MR) is 79.7 cm³/mol. The number of benzene rings is 1. The molecule has 2 rings (SSSR count). The smallest absolute Gasteiger partial charge is 0.119 e. The van der Waals surface area contributed by atoms with Crippen molar-refractivity contribution in [1.29, 1.82) is 0 Å². The van der Waals surface area contributed by atoms with Crippen molar-refractivity contribution >= 4 is 17.4 Å². The molecule has 1 saturated heterocycles. The average molecular weight is 266 g/mol. The lowest BCUT2D eigenvalue weighted by Crippen LogP contribution is -2.53. The normalized spacial score (nSPS) is 27.2. The zero-order valence-corrected chi connectivity index (χ0v) is 12.2. The van der Waals surface area contributed by atoms with E-state index in [2.05, 4.69) is 31.0 Å². The van der Waals surface area contributed by atoms with Crippen molar-refractivity contribution in [3.8, 4) is 5.75 Å². The number of ether oxygens (including phenoxy) is 1. The molecule has 0 aliphatic carbocycles. The lowest BCUT2D eigenvalue weighted by Gasteiger charge is -2.39. The second kappa shape index (κ2) is 5.41. The minimum atomic E-state index is 0.0959. The summed E-state index contributed by atoms with van der Waals surface area (Å²) in [5.41, 5.74) is 7.35. The molecule has 0 aromatic heterocycles. The molecule has 2 unspecified atom stereocenters. The molecule has 0 bridgehead atoms. The fourth-order valence-corrected chi connectivity index (χ4v) is 4.00. The zero-order chi connectivity index (χ0) is 13.2. The van der Waals surface area contributed by atoms with Crippen LogP contribution in [0.1, 0.15) is 13.3 Å². The van der Waals surface area contributed by atoms with Gasteiger partial charge in [0.2, 0.25) is 0 Å². The van der Waals surface area contributed by atoms with Crippen molar-refractivity contribution in [3.05, 3.63) is 24.3 Å². The Labute approximate surface area is 114 Å². The molecular formula is C14H22N2OS. The van der Waals surface area contributed by atoms with E-state index in [9.17, 15) is 0 Å². The quantitative estimate of drug-likeness (QED) is 0.908. The molecule has 1 aliphatic rings. The predicted octanol–water partition coefficient (Wildman–Crippen LogP) is 2.35. The number of hydrogen-bond acceptors (Lipinski definition) is 4. The summed E-state index contributed by atoms with van der Waals surface area (Å²) in [5, 5.41) is 0.689. The Hall–Kier alpha value is -0.870. The second-order valence-corrected chi connectivity index (χ2v) is 6.44. The van der Waals surface area contributed by atoms with E-state index in [0.29, 0.717) is 11.8 Å². The highest BCUT2D eigenvalue weighted by atomic mass is 32.2. The van der Waals surface area contributed by atoms with E-state index in [1.54, 1.807) is 7.11 Å². The molecule has 0 saturated carbocycles. The number of nitrogens with two attached hydrogens (primary N) is 1. The monoisotopic (exact) mass is 266 g/mol. The Bertz CT molecular complexity index is 395. The average Bonchev–Trinajstić information content (AvgIpc) is 2.81. The Morgan fingerprint density at radius 1 is 1.44 bits per heavy atom. The Balaban J connectivity index is 2.20. The fraction of sp³-hybridized carbons (Fsp3) is 0.571. The van der Waals surface area contributed by atoms with Gasteiger partial charge in [0.25, 0.3) is 0 Å². The van der Waals surface area contributed by atoms with Gasteiger partial charge < -0.3 is 15.4 Å². The lowest BCUT2D eigenvalue weighted by atomic mass is 9.94. The Morgan fingerprint density at radius 3 is 2.56 bits per heavy atom. The standard InChI is InChI=1S/C14H22N2OS/c1-11-8-14(9-15,10-18-11)16(2)12-4-6-13(17-3)7-5-12/h4-7,11H,8-10,15H2,1-3H3. The van der Waals surface area contributed by atoms with Crippen LogP contribution in [0.25, 0.3) is 0 Å². The van der Waals surface area contributed by atoms with Gasteiger partial charge >= 0.3 is 0 Å². The van der Waals surface area contributed by atoms with Crippen LogP contribution in [0.5, 0.6) is 5.75 Å². The first-order chi connectivity index (χ1) is 8.61. The van der Waals surface area contributed by atoms with E-state index >= 15 is 0 Å². The van der Waals surface area contributed by atoms with E-state index in [1.165, 1.54) is 5.69 Å². The van der Waals surface area contributed by atoms with Crippen molar-refractivity contribution in [2.75, 3.05) is 31.4 Å². The third-order valence-electron chi connectivity index (χ3n) is 3.86. The maximum atomic E-state index is 6.05. The van der Waals surface area contributed by atoms with Crippen molar-refractivity contribution < 1.29 is 4.74 Å². The summed E-state index contributed by atoms with van der Waals surface area (Å²) in [5.74, 6) is 2.00. The van der Waals surface area contributed by atoms with E-state index in [0.717, 1.165) is 17.9 Å². The molecule has 1 aromatic carbocycles. The summed E-state index contributed by atoms with van der Waals surface area (Å²) in [6.07, 6.45) is 1.15. The zero-order valence-electron chi connectivity index (χ0n) is 11.3. The number of thioether (sulfide) groups is 1. The summed E-state index contributed by atoms with van der Waals surface area (Å²) in [6, 6.07) is 8.21. The molecule has 0 spiro atoms. The third kappa shape index (κ3) is 2.45. The first-order valence-electron chi connectivity index (χ1n) is 6.31. The molecular weight excluding hydrogens is 244 g/mol. The van der Waals surface area contributed by atoms with Gasteiger partial charge in [0.05, 0.1) is 12.6 Å². The maximum absolute atomic E-state index is 6.05. The third-order valence-corrected chi connectivity index (χ3v) is 5.29. The SMILES string of the molecule is COc1ccc(N(C)C2(CN)CSC(C)C2)cc1. The molecule has 3 nitrogen and oxygen atoms in total. The molecule has 2 N–H and O–H groups in total. The molecule has 18 heavy (non-hydrogen) atoms. The van der Waals surface area contributed by atoms with Crippen LogP contribution in [0.4, 0.5) is 5.69 Å². The van der Waals surface area contributed by atoms with Crippen LogP contribution >= 0.6 is 11.8 Å². The number of hydrogen-bond donors (Lipinski definition) is 1. The molecule has 1 fully saturated rings. The molecule has 1 aromatic rings. The minimum Gasteiger partial charge on any atom is -0.497 e. The van der Waals surface area contributed by atoms with Crippen LogP contribution in [-0.2, 0) is 0 Å². The van der Waals surface area contributed by atoms with Crippen LogP contribution < -0.4 is 15.4 Å². The van der Waals surface area contributed by atoms with Crippen molar-refractivity contribution in [3.63, 3.8) is 0 Å². The number of likely N-dealkylation sites (N-methyl/N-ethyl adjacent to an activating group) is 1. The fourth-order valence-electron chi connectivity index (χ4n) is 2.54. The van der Waals surface area contributed by atoms with Gasteiger partial charge in [0.1, 0.15) is 5.75 Å². The molecule has 1 aliphatic heterocycles. The highest BCUT2D eigenvalue weighted by Gasteiger charge is 2.40. The number of rotatable bonds is 4. The topological polar surface area (TPSA) is 38.5 Å². The Kier molecular flexibility index (Phi) is 4.07. The first-order valence-corrected chi connectivity index (χ1v) is 7.36. The second-order valence-electron chi connectivity index (χ2n) is 5.01. The van der Waals surface area contributed by atoms with Crippen LogP contribution in [0.2, 0.25) is 0 Å². The minimum absolute atomic E-state index is 0.0959. The summed E-state index contributed by atoms with van der Waals surface area (Å²) < 4.78 is 5.20. The molecule has 100 valence electrons. The van der Waals surface area contributed by atoms with Gasteiger partial charge in [-0.15, -0.1) is 0 Å². The van der Waals surface area contributed by atoms with E-state index in [4.69, 9.17) is 10.5 Å². The maximum Gasteiger partial charge on any atom is 0.119 e. The molecule has 0 amide bonds. The van der Waals surface area contributed by atoms with Gasteiger partial charge in [-0.05, 0) is 30.7 Å². The van der Waals surface area contributed by atoms with Gasteiger partial charge in [-0.3, -0.25) is 0 Å². The van der Waals surface area contributed by atoms with Gasteiger partial charge in [-0.25, -0.2) is 0 Å². The highest BCUT2D eigenvalue weighted by Crippen LogP contribution is 2.39. The highest BCUT2D eigenvalue weighted by molar-refractivity contribution is 8.00. The van der Waals surface area contributed by atoms with Crippen LogP contribution in [0.3, 0.4) is 0 Å². The molecule has 4 heteroatoms. The van der Waals surface area contributed by atoms with Crippen molar-refractivity contribution in [2.45, 2.75) is 24.1 Å². The van der Waals surface area contributed by atoms with Crippen molar-refractivity contribution in [2.24, 2.45) is 5.73 Å². The van der Waals surface area contributed by atoms with Crippen molar-refractivity contribution in [1.82, 2.24) is 0 Å². The number of methoxy groups -OCH3 is 1. The number of nitrogens with zero attached hydrogens (tertiary/aromatic N) is 1. The summed E-state index contributed by atoms with van der Waals surface area (Å²) >= 11 is 2.01. The van der Waals surface area contributed by atoms with Gasteiger partial charge in [0.15, 0.2) is 0 Å². The van der Waals surface area contributed by atoms with Gasteiger partial charge in [-0.1, -0.05) is 6.92 Å². The summed E-state index contributed by atoms with van der Waals surface area (Å²) in [4.78, 5) is 2.34. The lowest BCUT2D eigenvalue weighted by molar-refractivity contribution is 0.414. The number of anilines is 1. The van der Waals surface area contributed by atoms with E-state index in [-0.39, 0.29) is 5.54 Å². The van der Waals surface area contributed by atoms with E-state index < -0.39 is 0 Å². The summed E-state index contributed by atoms with van der Waals surface area (Å²) in [6.45, 7) is 2.98. The summed E-state index contributed by atoms with van der Waals surface area (Å²) in [7, 11) is 3.84. The van der Waals surface area contributed by atoms with Crippen LogP contribution in [-0.4, -0.2) is 37.2 Å². The first kappa shape index (κ1) is 13.6. The van der Waals surface area contributed by atoms with Crippen LogP contribution in [0.15, 0.2) is 24.3 Å². The Morgan fingerprint density at radius 2 is 2.11 bits per heavy atom.